The van der Waals surface area contributed by atoms with Gasteiger partial charge < -0.3 is 0 Å². The summed E-state index contributed by atoms with van der Waals surface area (Å²) < 4.78 is 33.9. The molecule has 0 amide bonds. The zero-order valence-corrected chi connectivity index (χ0v) is 6.67. The summed E-state index contributed by atoms with van der Waals surface area (Å²) in [5.41, 5.74) is 0. The van der Waals surface area contributed by atoms with Crippen LogP contribution in [0, 0.1) is 11.8 Å². The Hall–Kier alpha value is 0.300. The fourth-order valence-corrected chi connectivity index (χ4v) is 2.14. The van der Waals surface area contributed by atoms with E-state index in [2.05, 4.69) is 0 Å². The summed E-state index contributed by atoms with van der Waals surface area (Å²) in [6.07, 6.45) is -1.78. The Morgan fingerprint density at radius 2 is 2.30 bits per heavy atom. The van der Waals surface area contributed by atoms with Gasteiger partial charge in [-0.1, -0.05) is 0 Å². The van der Waals surface area contributed by atoms with Crippen LogP contribution in [0.4, 0.5) is 8.78 Å². The van der Waals surface area contributed by atoms with Crippen molar-refractivity contribution in [1.29, 1.82) is 0 Å². The van der Waals surface area contributed by atoms with E-state index >= 15 is 0 Å². The Labute approximate surface area is 64.7 Å². The zero-order valence-electron chi connectivity index (χ0n) is 5.10. The number of rotatable bonds is 3. The van der Waals surface area contributed by atoms with Gasteiger partial charge in [0.2, 0.25) is 6.43 Å². The maximum absolute atomic E-state index is 11.8. The van der Waals surface area contributed by atoms with Gasteiger partial charge in [0.05, 0.1) is 0 Å². The van der Waals surface area contributed by atoms with E-state index in [9.17, 15) is 13.0 Å². The lowest BCUT2D eigenvalue weighted by atomic mass is 10.4. The predicted octanol–water partition coefficient (Wildman–Crippen LogP) is 1.79. The molecule has 1 saturated carbocycles. The SMILES string of the molecule is O=S(Cl)C[C@H]1C[C@H]1C(F)F. The highest BCUT2D eigenvalue weighted by Gasteiger charge is 2.44. The molecule has 0 aliphatic heterocycles. The summed E-state index contributed by atoms with van der Waals surface area (Å²) in [5, 5.41) is 0. The van der Waals surface area contributed by atoms with Crippen molar-refractivity contribution >= 4 is 20.7 Å². The van der Waals surface area contributed by atoms with Crippen LogP contribution in [0.2, 0.25) is 0 Å². The van der Waals surface area contributed by atoms with E-state index < -0.39 is 22.4 Å². The summed E-state index contributed by atoms with van der Waals surface area (Å²) in [6.45, 7) is 0. The van der Waals surface area contributed by atoms with Gasteiger partial charge in [-0.3, -0.25) is 0 Å². The second-order valence-corrected chi connectivity index (χ2v) is 4.40. The van der Waals surface area contributed by atoms with Gasteiger partial charge >= 0.3 is 0 Å². The van der Waals surface area contributed by atoms with E-state index in [1.165, 1.54) is 0 Å². The van der Waals surface area contributed by atoms with Crippen LogP contribution in [-0.4, -0.2) is 16.4 Å². The smallest absolute Gasteiger partial charge is 0.241 e. The van der Waals surface area contributed by atoms with Crippen LogP contribution in [0.3, 0.4) is 0 Å². The van der Waals surface area contributed by atoms with E-state index in [1.54, 1.807) is 0 Å². The summed E-state index contributed by atoms with van der Waals surface area (Å²) in [4.78, 5) is 0. The number of hydrogen-bond donors (Lipinski definition) is 0. The zero-order chi connectivity index (χ0) is 7.72. The van der Waals surface area contributed by atoms with E-state index in [-0.39, 0.29) is 11.7 Å². The van der Waals surface area contributed by atoms with Gasteiger partial charge in [-0.05, 0) is 23.0 Å². The highest BCUT2D eigenvalue weighted by molar-refractivity contribution is 8.08. The largest absolute Gasteiger partial charge is 0.243 e. The first-order chi connectivity index (χ1) is 4.61. The predicted molar refractivity (Wildman–Crippen MR) is 36.5 cm³/mol. The molecule has 0 saturated heterocycles. The topological polar surface area (TPSA) is 17.1 Å². The van der Waals surface area contributed by atoms with Crippen LogP contribution in [0.25, 0.3) is 0 Å². The minimum atomic E-state index is -2.26. The third kappa shape index (κ3) is 2.16. The summed E-state index contributed by atoms with van der Waals surface area (Å²) in [5.74, 6) is -0.419. The van der Waals surface area contributed by atoms with Gasteiger partial charge in [-0.25, -0.2) is 13.0 Å². The van der Waals surface area contributed by atoms with Gasteiger partial charge in [-0.2, -0.15) is 0 Å². The molecule has 1 fully saturated rings. The van der Waals surface area contributed by atoms with Crippen LogP contribution >= 0.6 is 10.7 Å². The van der Waals surface area contributed by atoms with E-state index in [0.29, 0.717) is 6.42 Å². The molecule has 1 aliphatic rings. The van der Waals surface area contributed by atoms with Gasteiger partial charge in [0, 0.05) is 11.7 Å². The molecule has 0 radical (unpaired) electrons. The average Bonchev–Trinajstić information content (AvgIpc) is 2.43. The Morgan fingerprint density at radius 3 is 2.60 bits per heavy atom. The van der Waals surface area contributed by atoms with Gasteiger partial charge in [-0.15, -0.1) is 0 Å². The van der Waals surface area contributed by atoms with E-state index in [0.717, 1.165) is 0 Å². The first-order valence-electron chi connectivity index (χ1n) is 2.94. The monoisotopic (exact) mass is 188 g/mol. The van der Waals surface area contributed by atoms with Crippen LogP contribution in [-0.2, 0) is 10.0 Å². The van der Waals surface area contributed by atoms with Crippen molar-refractivity contribution in [2.75, 3.05) is 5.75 Å². The van der Waals surface area contributed by atoms with Crippen LogP contribution in [0.5, 0.6) is 0 Å². The quantitative estimate of drug-likeness (QED) is 0.618. The number of halogens is 3. The van der Waals surface area contributed by atoms with Crippen molar-refractivity contribution < 1.29 is 13.0 Å². The lowest BCUT2D eigenvalue weighted by Crippen LogP contribution is -2.00. The van der Waals surface area contributed by atoms with Gasteiger partial charge in [0.15, 0.2) is 0 Å². The highest BCUT2D eigenvalue weighted by Crippen LogP contribution is 2.43. The molecule has 3 atom stereocenters. The average molecular weight is 189 g/mol. The summed E-state index contributed by atoms with van der Waals surface area (Å²) in [6, 6.07) is 0. The molecule has 1 unspecified atom stereocenters. The Bertz CT molecular complexity index is 153. The van der Waals surface area contributed by atoms with Crippen molar-refractivity contribution in [3.8, 4) is 0 Å². The minimum Gasteiger partial charge on any atom is -0.243 e. The molecular formula is C5H7ClF2OS. The minimum absolute atomic E-state index is 0.0988. The molecule has 0 spiro atoms. The fraction of sp³-hybridized carbons (Fsp3) is 1.00. The molecular weight excluding hydrogens is 182 g/mol. The summed E-state index contributed by atoms with van der Waals surface area (Å²) >= 11 is 0. The molecule has 10 heavy (non-hydrogen) atoms. The van der Waals surface area contributed by atoms with Crippen LogP contribution in [0.1, 0.15) is 6.42 Å². The molecule has 1 nitrogen and oxygen atoms in total. The number of hydrogen-bond acceptors (Lipinski definition) is 1. The lowest BCUT2D eigenvalue weighted by Gasteiger charge is -1.93. The Morgan fingerprint density at radius 1 is 1.70 bits per heavy atom. The second kappa shape index (κ2) is 3.13. The third-order valence-electron chi connectivity index (χ3n) is 1.65. The normalized spacial score (nSPS) is 34.4. The van der Waals surface area contributed by atoms with Crippen molar-refractivity contribution in [2.24, 2.45) is 11.8 Å². The maximum Gasteiger partial charge on any atom is 0.241 e. The highest BCUT2D eigenvalue weighted by atomic mass is 35.7. The molecule has 0 N–H and O–H groups in total. The molecule has 1 rings (SSSR count). The van der Waals surface area contributed by atoms with Crippen molar-refractivity contribution in [3.05, 3.63) is 0 Å². The van der Waals surface area contributed by atoms with Crippen molar-refractivity contribution in [3.63, 3.8) is 0 Å². The lowest BCUT2D eigenvalue weighted by molar-refractivity contribution is 0.117. The van der Waals surface area contributed by atoms with Crippen molar-refractivity contribution in [1.82, 2.24) is 0 Å². The molecule has 0 bridgehead atoms. The molecule has 1 aliphatic carbocycles. The molecule has 60 valence electrons. The molecule has 5 heteroatoms. The van der Waals surface area contributed by atoms with E-state index in [1.807, 2.05) is 0 Å². The second-order valence-electron chi connectivity index (χ2n) is 2.45. The molecule has 0 aromatic rings. The first kappa shape index (κ1) is 8.40. The molecule has 0 aromatic carbocycles. The standard InChI is InChI=1S/C5H7ClF2OS/c6-10(9)2-3-1-4(3)5(7)8/h3-5H,1-2H2/t3-,4-,10?/m1/s1. The molecule has 0 aromatic heterocycles. The maximum atomic E-state index is 11.8. The first-order valence-corrected chi connectivity index (χ1v) is 5.08. The fourth-order valence-electron chi connectivity index (χ4n) is 0.940. The van der Waals surface area contributed by atoms with Crippen LogP contribution < -0.4 is 0 Å². The summed E-state index contributed by atoms with van der Waals surface area (Å²) in [7, 11) is 3.68. The molecule has 0 heterocycles. The van der Waals surface area contributed by atoms with Gasteiger partial charge in [0.25, 0.3) is 0 Å². The Balaban J connectivity index is 2.19. The number of alkyl halides is 2. The van der Waals surface area contributed by atoms with Crippen LogP contribution in [0.15, 0.2) is 0 Å². The van der Waals surface area contributed by atoms with E-state index in [4.69, 9.17) is 10.7 Å². The van der Waals surface area contributed by atoms with Crippen molar-refractivity contribution in [2.45, 2.75) is 12.8 Å². The third-order valence-corrected chi connectivity index (χ3v) is 2.71. The van der Waals surface area contributed by atoms with Gasteiger partial charge in [0.1, 0.15) is 10.0 Å². The Kier molecular flexibility index (Phi) is 2.63.